The Labute approximate surface area is 681 Å². The third kappa shape index (κ3) is 23.3. The van der Waals surface area contributed by atoms with E-state index in [-0.39, 0.29) is 67.9 Å². The first kappa shape index (κ1) is 88.6. The summed E-state index contributed by atoms with van der Waals surface area (Å²) >= 11 is 0. The fourth-order valence-corrected chi connectivity index (χ4v) is 52.6. The first-order valence-corrected chi connectivity index (χ1v) is 62.0. The molecule has 12 fully saturated rings. The Morgan fingerprint density at radius 3 is 0.315 bits per heavy atom. The molecule has 12 aliphatic rings. The Morgan fingerprint density at radius 2 is 0.234 bits per heavy atom. The lowest BCUT2D eigenvalue weighted by Crippen LogP contribution is -2.40. The van der Waals surface area contributed by atoms with E-state index >= 15 is 27.4 Å². The summed E-state index contributed by atoms with van der Waals surface area (Å²) in [7, 11) is -19.3. The molecular formula is C93H168N6O6P6. The van der Waals surface area contributed by atoms with Crippen molar-refractivity contribution in [3.63, 3.8) is 0 Å². The van der Waals surface area contributed by atoms with E-state index in [9.17, 15) is 0 Å². The maximum atomic E-state index is 18.4. The van der Waals surface area contributed by atoms with Crippen LogP contribution in [0, 0.1) is 0 Å². The second-order valence-corrected chi connectivity index (χ2v) is 61.3. The molecule has 0 N–H and O–H groups in total. The van der Waals surface area contributed by atoms with Gasteiger partial charge in [0.1, 0.15) is 42.9 Å². The highest BCUT2D eigenvalue weighted by Gasteiger charge is 2.53. The van der Waals surface area contributed by atoms with E-state index in [0.717, 1.165) is 308 Å². The Bertz CT molecular complexity index is 2480. The number of hydrogen-bond donors (Lipinski definition) is 0. The zero-order valence-corrected chi connectivity index (χ0v) is 76.8. The van der Waals surface area contributed by atoms with Gasteiger partial charge in [0.15, 0.2) is 0 Å². The first-order chi connectivity index (χ1) is 54.3. The Hall–Kier alpha value is -0.210. The van der Waals surface area contributed by atoms with Gasteiger partial charge in [0.2, 0.25) is 17.8 Å². The number of aromatic nitrogens is 3. The van der Waals surface area contributed by atoms with Crippen molar-refractivity contribution in [2.24, 2.45) is 0 Å². The second kappa shape index (κ2) is 44.5. The summed E-state index contributed by atoms with van der Waals surface area (Å²) in [5.41, 5.74) is 0.829. The summed E-state index contributed by atoms with van der Waals surface area (Å²) in [6.45, 7) is 0. The summed E-state index contributed by atoms with van der Waals surface area (Å²) in [5, 5.41) is 0. The van der Waals surface area contributed by atoms with Crippen molar-refractivity contribution < 1.29 is 27.4 Å². The largest absolute Gasteiger partial charge is 0.326 e. The number of hydrogen-bond acceptors (Lipinski definition) is 12. The predicted molar refractivity (Wildman–Crippen MR) is 480 cm³/mol. The van der Waals surface area contributed by atoms with Crippen molar-refractivity contribution in [1.82, 2.24) is 15.0 Å². The smallest absolute Gasteiger partial charge is 0.232 e. The molecule has 0 unspecified atom stereocenters. The maximum absolute atomic E-state index is 18.4. The molecular weight excluding hydrogens is 1480 g/mol. The Morgan fingerprint density at radius 1 is 0.153 bits per heavy atom. The Kier molecular flexibility index (Phi) is 35.5. The van der Waals surface area contributed by atoms with Gasteiger partial charge < -0.3 is 42.1 Å². The molecule has 0 aromatic carbocycles. The van der Waals surface area contributed by atoms with Crippen LogP contribution in [-0.2, 0) is 27.4 Å². The normalized spacial score (nSPS) is 25.9. The molecule has 0 radical (unpaired) electrons. The van der Waals surface area contributed by atoms with Gasteiger partial charge in [0.25, 0.3) is 0 Å². The fraction of sp³-hybridized carbons (Fsp3) is 0.968. The van der Waals surface area contributed by atoms with Crippen LogP contribution in [0.4, 0.5) is 17.8 Å². The molecule has 1 heterocycles. The van der Waals surface area contributed by atoms with Gasteiger partial charge in [-0.2, -0.15) is 15.0 Å². The number of rotatable bonds is 27. The van der Waals surface area contributed by atoms with E-state index in [1.165, 1.54) is 154 Å². The summed E-state index contributed by atoms with van der Waals surface area (Å²) < 4.78 is 110. The molecule has 636 valence electrons. The van der Waals surface area contributed by atoms with Crippen LogP contribution in [-0.4, -0.2) is 121 Å². The molecule has 12 nitrogen and oxygen atoms in total. The number of nitrogens with zero attached hydrogens (tertiary/aromatic N) is 6. The lowest BCUT2D eigenvalue weighted by Gasteiger charge is -2.44. The molecule has 0 amide bonds. The standard InChI is InChI=1S/C93H168N6O6P6/c100-106(79-49-25-1-2-26-50-79,80-51-27-3-4-28-52-80)73-97(74-107(101,81-53-29-5-6-30-54-81)82-55-31-7-8-32-56-82)91-94-92(98(75-108(102,83-57-33-9-10-34-58-83)84-59-35-11-12-36-60-84)76-109(103,85-61-37-13-14-38-62-85)86-63-39-15-16-40-64-86)96-93(95-91)99(77-110(104,87-65-41-17-18-42-66-87)88-67-43-19-20-44-68-88)78-111(105,89-69-45-21-22-46-70-89)90-71-47-23-24-48-72-90/h79-90H,1-78H2. The molecule has 12 saturated carbocycles. The zero-order chi connectivity index (χ0) is 76.7. The minimum atomic E-state index is -3.22. The van der Waals surface area contributed by atoms with Gasteiger partial charge >= 0.3 is 0 Å². The quantitative estimate of drug-likeness (QED) is 0.0609. The highest BCUT2D eigenvalue weighted by molar-refractivity contribution is 7.68. The van der Waals surface area contributed by atoms with Crippen molar-refractivity contribution in [3.05, 3.63) is 0 Å². The minimum absolute atomic E-state index is 0.0691. The molecule has 0 aliphatic heterocycles. The first-order valence-electron chi connectivity index (χ1n) is 49.8. The molecule has 0 saturated heterocycles. The van der Waals surface area contributed by atoms with Crippen LogP contribution in [0.2, 0.25) is 0 Å². The third-order valence-corrected chi connectivity index (χ3v) is 58.8. The van der Waals surface area contributed by atoms with Crippen molar-refractivity contribution in [3.8, 4) is 0 Å². The second-order valence-electron chi connectivity index (χ2n) is 40.6. The molecule has 18 heteroatoms. The van der Waals surface area contributed by atoms with E-state index in [1.54, 1.807) is 0 Å². The zero-order valence-electron chi connectivity index (χ0n) is 71.4. The van der Waals surface area contributed by atoms with E-state index in [1.807, 2.05) is 0 Å². The molecule has 12 aliphatic carbocycles. The van der Waals surface area contributed by atoms with Crippen molar-refractivity contribution >= 4 is 60.7 Å². The highest BCUT2D eigenvalue weighted by atomic mass is 31.2. The average molecular weight is 1650 g/mol. The molecule has 0 atom stereocenters. The SMILES string of the molecule is O=P(CN(CP(=O)(C1CCCCCC1)C1CCCCCC1)c1nc(N(CP(=O)(C2CCCCCC2)C2CCCCCC2)CP(=O)(C2CCCCCC2)C2CCCCCC2)nc(N(CP(=O)(C2CCCCCC2)C2CCCCCC2)CP(=O)(C2CCCCCC2)C2CCCCCC2)n1)(C1CCCCCC1)C1CCCCCC1. The van der Waals surface area contributed by atoms with Gasteiger partial charge in [0, 0.05) is 67.9 Å². The maximum Gasteiger partial charge on any atom is 0.232 e. The monoisotopic (exact) mass is 1650 g/mol. The molecule has 0 bridgehead atoms. The minimum Gasteiger partial charge on any atom is -0.326 e. The molecule has 0 spiro atoms. The molecule has 13 rings (SSSR count). The van der Waals surface area contributed by atoms with Crippen molar-refractivity contribution in [1.29, 1.82) is 0 Å². The summed E-state index contributed by atoms with van der Waals surface area (Å²) in [5.74, 6) is 1.47. The van der Waals surface area contributed by atoms with E-state index in [2.05, 4.69) is 14.7 Å². The van der Waals surface area contributed by atoms with Crippen LogP contribution in [0.5, 0.6) is 0 Å². The summed E-state index contributed by atoms with van der Waals surface area (Å²) in [4.78, 5) is 26.4. The van der Waals surface area contributed by atoms with Gasteiger partial charge in [-0.05, 0) is 154 Å². The van der Waals surface area contributed by atoms with E-state index in [4.69, 9.17) is 15.0 Å². The summed E-state index contributed by atoms with van der Waals surface area (Å²) in [6, 6.07) is 0. The van der Waals surface area contributed by atoms with Gasteiger partial charge in [-0.15, -0.1) is 0 Å². The molecule has 1 aromatic rings. The van der Waals surface area contributed by atoms with Crippen LogP contribution in [0.15, 0.2) is 0 Å². The van der Waals surface area contributed by atoms with Crippen LogP contribution in [0.3, 0.4) is 0 Å². The highest BCUT2D eigenvalue weighted by Crippen LogP contribution is 2.71. The average Bonchev–Trinajstić information content (AvgIpc) is 1.01. The van der Waals surface area contributed by atoms with E-state index in [0.29, 0.717) is 55.6 Å². The topological polar surface area (TPSA) is 151 Å². The van der Waals surface area contributed by atoms with Crippen LogP contribution in [0.25, 0.3) is 0 Å². The van der Waals surface area contributed by atoms with Gasteiger partial charge in [0.05, 0.1) is 37.7 Å². The lowest BCUT2D eigenvalue weighted by molar-refractivity contribution is 0.518. The van der Waals surface area contributed by atoms with E-state index < -0.39 is 42.9 Å². The molecule has 1 aromatic heterocycles. The van der Waals surface area contributed by atoms with Crippen LogP contribution >= 0.6 is 42.9 Å². The van der Waals surface area contributed by atoms with Crippen LogP contribution in [0.1, 0.15) is 462 Å². The summed E-state index contributed by atoms with van der Waals surface area (Å²) in [6.07, 6.45) is 80.1. The van der Waals surface area contributed by atoms with Crippen molar-refractivity contribution in [2.45, 2.75) is 530 Å². The molecule has 111 heavy (non-hydrogen) atoms. The fourth-order valence-electron chi connectivity index (χ4n) is 26.4. The predicted octanol–water partition coefficient (Wildman–Crippen LogP) is 30.9. The van der Waals surface area contributed by atoms with Gasteiger partial charge in [-0.1, -0.05) is 308 Å². The van der Waals surface area contributed by atoms with Crippen molar-refractivity contribution in [2.75, 3.05) is 52.4 Å². The van der Waals surface area contributed by atoms with Gasteiger partial charge in [-0.3, -0.25) is 0 Å². The Balaban J connectivity index is 1.12. The van der Waals surface area contributed by atoms with Gasteiger partial charge in [-0.25, -0.2) is 0 Å². The van der Waals surface area contributed by atoms with Crippen LogP contribution < -0.4 is 14.7 Å². The number of anilines is 3. The third-order valence-electron chi connectivity index (χ3n) is 33.1. The lowest BCUT2D eigenvalue weighted by atomic mass is 10.2.